The van der Waals surface area contributed by atoms with Gasteiger partial charge in [0, 0.05) is 19.6 Å². The van der Waals surface area contributed by atoms with Crippen LogP contribution in [0.4, 0.5) is 4.79 Å². The third-order valence-electron chi connectivity index (χ3n) is 4.77. The van der Waals surface area contributed by atoms with Crippen molar-refractivity contribution in [1.29, 1.82) is 0 Å². The van der Waals surface area contributed by atoms with Gasteiger partial charge in [0.1, 0.15) is 18.8 Å². The summed E-state index contributed by atoms with van der Waals surface area (Å²) in [4.78, 5) is 18.7. The molecule has 13 nitrogen and oxygen atoms in total. The Morgan fingerprint density at radius 2 is 0.905 bits per heavy atom. The van der Waals surface area contributed by atoms with Crippen molar-refractivity contribution in [2.24, 2.45) is 0 Å². The van der Waals surface area contributed by atoms with E-state index in [9.17, 15) is 4.79 Å². The van der Waals surface area contributed by atoms with E-state index in [0.29, 0.717) is 99.0 Å². The number of carbonyl (C=O) groups excluding carboxylic acids is 1. The lowest BCUT2D eigenvalue weighted by Crippen LogP contribution is -2.34. The number of hydroxylamine groups is 1. The Balaban J connectivity index is 3.97. The first kappa shape index (κ1) is 40.0. The van der Waals surface area contributed by atoms with Gasteiger partial charge in [-0.2, -0.15) is 5.48 Å². The Morgan fingerprint density at radius 1 is 0.571 bits per heavy atom. The van der Waals surface area contributed by atoms with Crippen molar-refractivity contribution in [1.82, 2.24) is 10.4 Å². The molecule has 0 saturated carbocycles. The van der Waals surface area contributed by atoms with E-state index in [2.05, 4.69) is 22.2 Å². The Hall–Kier alpha value is -2.01. The first-order valence-corrected chi connectivity index (χ1v) is 14.2. The second kappa shape index (κ2) is 30.4. The molecule has 0 radical (unpaired) electrons. The van der Waals surface area contributed by atoms with Crippen LogP contribution >= 0.6 is 0 Å². The number of ether oxygens (including phenoxy) is 9. The van der Waals surface area contributed by atoms with Crippen molar-refractivity contribution in [3.05, 3.63) is 0 Å². The Morgan fingerprint density at radius 3 is 1.26 bits per heavy atom. The molecule has 0 aliphatic heterocycles. The molecular formula is C29H52N2O11. The van der Waals surface area contributed by atoms with Gasteiger partial charge in [-0.3, -0.25) is 9.74 Å². The average molecular weight is 605 g/mol. The van der Waals surface area contributed by atoms with Crippen molar-refractivity contribution >= 4 is 6.09 Å². The molecule has 0 heterocycles. The molecule has 0 aromatic heterocycles. The maximum atomic E-state index is 11.5. The van der Waals surface area contributed by atoms with E-state index in [4.69, 9.17) is 60.3 Å². The summed E-state index contributed by atoms with van der Waals surface area (Å²) in [6, 6.07) is 0. The van der Waals surface area contributed by atoms with E-state index < -0.39 is 11.7 Å². The van der Waals surface area contributed by atoms with Crippen LogP contribution in [0.1, 0.15) is 20.8 Å². The van der Waals surface area contributed by atoms with Gasteiger partial charge in [-0.05, 0) is 20.8 Å². The zero-order valence-corrected chi connectivity index (χ0v) is 25.7. The zero-order chi connectivity index (χ0) is 31.0. The number of rotatable bonds is 30. The molecule has 0 bridgehead atoms. The summed E-state index contributed by atoms with van der Waals surface area (Å²) >= 11 is 0. The lowest BCUT2D eigenvalue weighted by Gasteiger charge is -2.22. The van der Waals surface area contributed by atoms with Gasteiger partial charge in [0.05, 0.1) is 99.1 Å². The molecule has 0 aliphatic carbocycles. The van der Waals surface area contributed by atoms with Gasteiger partial charge in [-0.15, -0.1) is 12.8 Å². The predicted octanol–water partition coefficient (Wildman–Crippen LogP) is 1.14. The lowest BCUT2D eigenvalue weighted by atomic mass is 10.2. The maximum absolute atomic E-state index is 11.5. The molecule has 244 valence electrons. The molecule has 0 unspecified atom stereocenters. The summed E-state index contributed by atoms with van der Waals surface area (Å²) in [5, 5.41) is 0. The number of hydrogen-bond donors (Lipinski definition) is 1. The predicted molar refractivity (Wildman–Crippen MR) is 156 cm³/mol. The molecule has 42 heavy (non-hydrogen) atoms. The van der Waals surface area contributed by atoms with Gasteiger partial charge in [0.25, 0.3) is 0 Å². The van der Waals surface area contributed by atoms with Crippen LogP contribution in [-0.4, -0.2) is 149 Å². The normalized spacial score (nSPS) is 11.4. The molecule has 0 aromatic carbocycles. The fraction of sp³-hybridized carbons (Fsp3) is 0.828. The molecule has 0 aliphatic rings. The molecule has 0 saturated heterocycles. The van der Waals surface area contributed by atoms with E-state index >= 15 is 0 Å². The summed E-state index contributed by atoms with van der Waals surface area (Å²) in [6.07, 6.45) is 9.61. The van der Waals surface area contributed by atoms with Gasteiger partial charge in [-0.25, -0.2) is 4.79 Å². The van der Waals surface area contributed by atoms with Crippen LogP contribution in [0.25, 0.3) is 0 Å². The van der Waals surface area contributed by atoms with Gasteiger partial charge in [0.15, 0.2) is 0 Å². The largest absolute Gasteiger partial charge is 0.442 e. The van der Waals surface area contributed by atoms with Crippen LogP contribution in [0.3, 0.4) is 0 Å². The minimum atomic E-state index is -0.642. The van der Waals surface area contributed by atoms with E-state index in [1.165, 1.54) is 0 Å². The monoisotopic (exact) mass is 604 g/mol. The van der Waals surface area contributed by atoms with Crippen LogP contribution in [0.15, 0.2) is 0 Å². The van der Waals surface area contributed by atoms with E-state index in [-0.39, 0.29) is 19.8 Å². The molecule has 0 aromatic rings. The SMILES string of the molecule is C#CCOCCOCCOCCN(CCOCCOCCOCC#C)CCOCCOCCONC(=O)OC(C)(C)C. The van der Waals surface area contributed by atoms with Crippen molar-refractivity contribution in [3.63, 3.8) is 0 Å². The van der Waals surface area contributed by atoms with Crippen LogP contribution in [0.2, 0.25) is 0 Å². The van der Waals surface area contributed by atoms with E-state index in [0.717, 1.165) is 13.1 Å². The Bertz CT molecular complexity index is 659. The number of hydrogen-bond acceptors (Lipinski definition) is 12. The summed E-state index contributed by atoms with van der Waals surface area (Å²) in [5.74, 6) is 4.81. The highest BCUT2D eigenvalue weighted by molar-refractivity contribution is 5.66. The number of nitrogens with one attached hydrogen (secondary N) is 1. The zero-order valence-electron chi connectivity index (χ0n) is 25.7. The topological polar surface area (TPSA) is 125 Å². The fourth-order valence-corrected chi connectivity index (χ4v) is 2.89. The molecule has 13 heteroatoms. The number of nitrogens with zero attached hydrogens (tertiary/aromatic N) is 1. The molecule has 0 spiro atoms. The third kappa shape index (κ3) is 32.5. The lowest BCUT2D eigenvalue weighted by molar-refractivity contribution is -0.0340. The molecule has 0 atom stereocenters. The second-order valence-corrected chi connectivity index (χ2v) is 9.48. The maximum Gasteiger partial charge on any atom is 0.431 e. The van der Waals surface area contributed by atoms with Gasteiger partial charge in [-0.1, -0.05) is 11.8 Å². The van der Waals surface area contributed by atoms with Gasteiger partial charge < -0.3 is 42.6 Å². The smallest absolute Gasteiger partial charge is 0.431 e. The molecule has 1 N–H and O–H groups in total. The second-order valence-electron chi connectivity index (χ2n) is 9.48. The van der Waals surface area contributed by atoms with Crippen molar-refractivity contribution < 1.29 is 52.3 Å². The van der Waals surface area contributed by atoms with E-state index in [1.807, 2.05) is 0 Å². The molecular weight excluding hydrogens is 552 g/mol. The highest BCUT2D eigenvalue weighted by Crippen LogP contribution is 2.06. The Kier molecular flexibility index (Phi) is 29.0. The Labute approximate surface area is 252 Å². The minimum absolute atomic E-state index is 0.197. The van der Waals surface area contributed by atoms with Crippen LogP contribution < -0.4 is 5.48 Å². The summed E-state index contributed by atoms with van der Waals surface area (Å²) in [6.45, 7) is 14.9. The average Bonchev–Trinajstić information content (AvgIpc) is 2.94. The summed E-state index contributed by atoms with van der Waals surface area (Å²) in [7, 11) is 0. The summed E-state index contributed by atoms with van der Waals surface area (Å²) in [5.41, 5.74) is 1.62. The highest BCUT2D eigenvalue weighted by atomic mass is 16.7. The molecule has 0 rings (SSSR count). The van der Waals surface area contributed by atoms with Gasteiger partial charge >= 0.3 is 6.09 Å². The quantitative estimate of drug-likeness (QED) is 0.0718. The number of carbonyl (C=O) groups is 1. The molecule has 1 amide bonds. The van der Waals surface area contributed by atoms with Crippen molar-refractivity contribution in [3.8, 4) is 24.7 Å². The van der Waals surface area contributed by atoms with E-state index in [1.54, 1.807) is 20.8 Å². The summed E-state index contributed by atoms with van der Waals surface area (Å²) < 4.78 is 48.8. The third-order valence-corrected chi connectivity index (χ3v) is 4.77. The van der Waals surface area contributed by atoms with Gasteiger partial charge in [0.2, 0.25) is 0 Å². The van der Waals surface area contributed by atoms with Crippen molar-refractivity contribution in [2.45, 2.75) is 26.4 Å². The standard InChI is InChI=1S/C29H52N2O11/c1-6-11-33-16-21-38-23-18-35-13-8-31(9-14-36-19-24-39-22-17-34-12-7-2)10-15-37-20-25-40-26-27-41-30-28(32)42-29(3,4)5/h1-2H,8-27H2,3-5H3,(H,30,32). The first-order chi connectivity index (χ1) is 20.4. The number of amides is 1. The number of terminal acetylenes is 2. The van der Waals surface area contributed by atoms with Crippen LogP contribution in [0.5, 0.6) is 0 Å². The van der Waals surface area contributed by atoms with Crippen molar-refractivity contribution in [2.75, 3.05) is 132 Å². The molecule has 0 fully saturated rings. The van der Waals surface area contributed by atoms with Crippen LogP contribution in [-0.2, 0) is 47.5 Å². The first-order valence-electron chi connectivity index (χ1n) is 14.2. The highest BCUT2D eigenvalue weighted by Gasteiger charge is 2.15. The minimum Gasteiger partial charge on any atom is -0.442 e. The van der Waals surface area contributed by atoms with Crippen LogP contribution in [0, 0.1) is 24.7 Å². The fourth-order valence-electron chi connectivity index (χ4n) is 2.89.